The number of halogens is 1. The smallest absolute Gasteiger partial charge is 0.0528 e. The summed E-state index contributed by atoms with van der Waals surface area (Å²) in [6.07, 6.45) is 0.346. The summed E-state index contributed by atoms with van der Waals surface area (Å²) in [5, 5.41) is 0.993. The van der Waals surface area contributed by atoms with Crippen molar-refractivity contribution in [2.45, 2.75) is 33.8 Å². The van der Waals surface area contributed by atoms with E-state index in [0.717, 1.165) is 11.9 Å². The predicted molar refractivity (Wildman–Crippen MR) is 48.7 cm³/mol. The van der Waals surface area contributed by atoms with Crippen molar-refractivity contribution in [3.05, 3.63) is 0 Å². The van der Waals surface area contributed by atoms with Gasteiger partial charge in [0.05, 0.1) is 12.7 Å². The molecule has 0 saturated heterocycles. The molecule has 0 aromatic heterocycles. The largest absolute Gasteiger partial charge is 0.378 e. The molecular weight excluding hydrogens is 192 g/mol. The van der Waals surface area contributed by atoms with Crippen LogP contribution in [-0.2, 0) is 4.74 Å². The van der Waals surface area contributed by atoms with Gasteiger partial charge in [-0.2, -0.15) is 0 Å². The maximum atomic E-state index is 5.47. The number of ether oxygens (including phenoxy) is 1. The highest BCUT2D eigenvalue weighted by molar-refractivity contribution is 9.09. The van der Waals surface area contributed by atoms with Crippen molar-refractivity contribution in [2.75, 3.05) is 11.9 Å². The molecule has 10 heavy (non-hydrogen) atoms. The van der Waals surface area contributed by atoms with Crippen LogP contribution in [0.1, 0.15) is 27.7 Å². The second-order valence-corrected chi connectivity index (χ2v) is 4.22. The van der Waals surface area contributed by atoms with Crippen LogP contribution < -0.4 is 0 Å². The van der Waals surface area contributed by atoms with Gasteiger partial charge in [-0.05, 0) is 19.3 Å². The number of hydrogen-bond donors (Lipinski definition) is 0. The average Bonchev–Trinajstić information content (AvgIpc) is 1.85. The highest BCUT2D eigenvalue weighted by Gasteiger charge is 2.16. The lowest BCUT2D eigenvalue weighted by molar-refractivity contribution is 0.0306. The molecule has 0 aliphatic carbocycles. The summed E-state index contributed by atoms with van der Waals surface area (Å²) < 4.78 is 5.47. The van der Waals surface area contributed by atoms with Crippen molar-refractivity contribution in [3.8, 4) is 0 Å². The number of alkyl halides is 1. The van der Waals surface area contributed by atoms with Crippen molar-refractivity contribution < 1.29 is 4.74 Å². The monoisotopic (exact) mass is 208 g/mol. The quantitative estimate of drug-likeness (QED) is 0.647. The molecular formula is C8H17BrO. The third-order valence-electron chi connectivity index (χ3n) is 1.17. The summed E-state index contributed by atoms with van der Waals surface area (Å²) >= 11 is 3.44. The van der Waals surface area contributed by atoms with E-state index >= 15 is 0 Å². The zero-order chi connectivity index (χ0) is 8.20. The second-order valence-electron chi connectivity index (χ2n) is 3.66. The van der Waals surface area contributed by atoms with Crippen molar-refractivity contribution in [1.82, 2.24) is 0 Å². The molecule has 0 aromatic rings. The van der Waals surface area contributed by atoms with Crippen LogP contribution in [-0.4, -0.2) is 18.0 Å². The standard InChI is InChI=1S/C8H17BrO/c1-7(2)10-6-8(3,4)5-9/h7H,5-6H2,1-4H3. The third kappa shape index (κ3) is 5.24. The van der Waals surface area contributed by atoms with Crippen molar-refractivity contribution in [3.63, 3.8) is 0 Å². The van der Waals surface area contributed by atoms with Gasteiger partial charge < -0.3 is 4.74 Å². The molecule has 0 saturated carbocycles. The van der Waals surface area contributed by atoms with E-state index in [9.17, 15) is 0 Å². The first-order chi connectivity index (χ1) is 4.48. The van der Waals surface area contributed by atoms with Crippen LogP contribution in [0.15, 0.2) is 0 Å². The molecule has 1 nitrogen and oxygen atoms in total. The zero-order valence-electron chi connectivity index (χ0n) is 7.28. The maximum Gasteiger partial charge on any atom is 0.0528 e. The van der Waals surface area contributed by atoms with Crippen molar-refractivity contribution in [1.29, 1.82) is 0 Å². The van der Waals surface area contributed by atoms with E-state index in [4.69, 9.17) is 4.74 Å². The second kappa shape index (κ2) is 4.35. The molecule has 0 fully saturated rings. The Kier molecular flexibility index (Phi) is 4.54. The lowest BCUT2D eigenvalue weighted by Gasteiger charge is -2.22. The zero-order valence-corrected chi connectivity index (χ0v) is 8.86. The first kappa shape index (κ1) is 10.4. The molecule has 0 heterocycles. The lowest BCUT2D eigenvalue weighted by atomic mass is 9.98. The topological polar surface area (TPSA) is 9.23 Å². The van der Waals surface area contributed by atoms with Crippen molar-refractivity contribution in [2.24, 2.45) is 5.41 Å². The van der Waals surface area contributed by atoms with E-state index in [1.165, 1.54) is 0 Å². The summed E-state index contributed by atoms with van der Waals surface area (Å²) in [6.45, 7) is 9.32. The molecule has 0 N–H and O–H groups in total. The van der Waals surface area contributed by atoms with Gasteiger partial charge in [-0.1, -0.05) is 29.8 Å². The van der Waals surface area contributed by atoms with Crippen LogP contribution in [0, 0.1) is 5.41 Å². The SMILES string of the molecule is CC(C)OCC(C)(C)CBr. The van der Waals surface area contributed by atoms with E-state index in [0.29, 0.717) is 6.10 Å². The van der Waals surface area contributed by atoms with Gasteiger partial charge >= 0.3 is 0 Å². The molecule has 2 heteroatoms. The van der Waals surface area contributed by atoms with Gasteiger partial charge in [0.15, 0.2) is 0 Å². The maximum absolute atomic E-state index is 5.47. The summed E-state index contributed by atoms with van der Waals surface area (Å²) in [5.74, 6) is 0. The predicted octanol–water partition coefficient (Wildman–Crippen LogP) is 2.83. The Morgan fingerprint density at radius 2 is 1.90 bits per heavy atom. The molecule has 0 radical (unpaired) electrons. The van der Waals surface area contributed by atoms with E-state index in [1.807, 2.05) is 0 Å². The van der Waals surface area contributed by atoms with Crippen LogP contribution in [0.25, 0.3) is 0 Å². The van der Waals surface area contributed by atoms with Crippen LogP contribution >= 0.6 is 15.9 Å². The van der Waals surface area contributed by atoms with Gasteiger partial charge in [0.1, 0.15) is 0 Å². The summed E-state index contributed by atoms with van der Waals surface area (Å²) in [4.78, 5) is 0. The van der Waals surface area contributed by atoms with E-state index < -0.39 is 0 Å². The molecule has 0 aliphatic rings. The summed E-state index contributed by atoms with van der Waals surface area (Å²) in [7, 11) is 0. The minimum atomic E-state index is 0.268. The molecule has 62 valence electrons. The minimum Gasteiger partial charge on any atom is -0.378 e. The number of rotatable bonds is 4. The minimum absolute atomic E-state index is 0.268. The van der Waals surface area contributed by atoms with E-state index in [1.54, 1.807) is 0 Å². The van der Waals surface area contributed by atoms with Gasteiger partial charge in [0, 0.05) is 5.33 Å². The average molecular weight is 209 g/mol. The van der Waals surface area contributed by atoms with E-state index in [2.05, 4.69) is 43.6 Å². The fraction of sp³-hybridized carbons (Fsp3) is 1.00. The van der Waals surface area contributed by atoms with Gasteiger partial charge in [0.2, 0.25) is 0 Å². The Morgan fingerprint density at radius 3 is 2.20 bits per heavy atom. The normalized spacial score (nSPS) is 12.6. The first-order valence-electron chi connectivity index (χ1n) is 3.65. The molecule has 0 bridgehead atoms. The van der Waals surface area contributed by atoms with Crippen LogP contribution in [0.3, 0.4) is 0 Å². The Balaban J connectivity index is 3.46. The molecule has 0 rings (SSSR count). The Hall–Kier alpha value is 0.440. The van der Waals surface area contributed by atoms with Crippen LogP contribution in [0.4, 0.5) is 0 Å². The lowest BCUT2D eigenvalue weighted by Crippen LogP contribution is -2.23. The Labute approximate surface area is 72.3 Å². The fourth-order valence-corrected chi connectivity index (χ4v) is 0.593. The molecule has 0 amide bonds. The third-order valence-corrected chi connectivity index (χ3v) is 2.69. The Morgan fingerprint density at radius 1 is 1.40 bits per heavy atom. The molecule has 0 unspecified atom stereocenters. The molecule has 0 aromatic carbocycles. The van der Waals surface area contributed by atoms with Gasteiger partial charge in [-0.25, -0.2) is 0 Å². The van der Waals surface area contributed by atoms with Crippen LogP contribution in [0.5, 0.6) is 0 Å². The van der Waals surface area contributed by atoms with Crippen LogP contribution in [0.2, 0.25) is 0 Å². The highest BCUT2D eigenvalue weighted by Crippen LogP contribution is 2.18. The van der Waals surface area contributed by atoms with E-state index in [-0.39, 0.29) is 5.41 Å². The molecule has 0 aliphatic heterocycles. The van der Waals surface area contributed by atoms with Crippen molar-refractivity contribution >= 4 is 15.9 Å². The fourth-order valence-electron chi connectivity index (χ4n) is 0.431. The summed E-state index contributed by atoms with van der Waals surface area (Å²) in [6, 6.07) is 0. The first-order valence-corrected chi connectivity index (χ1v) is 4.77. The molecule has 0 atom stereocenters. The Bertz CT molecular complexity index is 89.3. The van der Waals surface area contributed by atoms with Gasteiger partial charge in [0.25, 0.3) is 0 Å². The van der Waals surface area contributed by atoms with Gasteiger partial charge in [-0.3, -0.25) is 0 Å². The summed E-state index contributed by atoms with van der Waals surface area (Å²) in [5.41, 5.74) is 0.268. The number of hydrogen-bond acceptors (Lipinski definition) is 1. The highest BCUT2D eigenvalue weighted by atomic mass is 79.9. The van der Waals surface area contributed by atoms with Gasteiger partial charge in [-0.15, -0.1) is 0 Å². The molecule has 0 spiro atoms.